The van der Waals surface area contributed by atoms with E-state index in [1.165, 1.54) is 29.5 Å². The highest BCUT2D eigenvalue weighted by atomic mass is 35.5. The molecule has 1 aliphatic heterocycles. The van der Waals surface area contributed by atoms with Gasteiger partial charge in [-0.05, 0) is 47.4 Å². The van der Waals surface area contributed by atoms with E-state index >= 15 is 0 Å². The number of fused-ring (bicyclic) bond motifs is 1. The zero-order chi connectivity index (χ0) is 18.3. The number of halogens is 1. The van der Waals surface area contributed by atoms with E-state index in [1.54, 1.807) is 11.3 Å². The molecule has 1 atom stereocenters. The number of anilines is 1. The van der Waals surface area contributed by atoms with Gasteiger partial charge in [0.1, 0.15) is 10.6 Å². The van der Waals surface area contributed by atoms with E-state index in [9.17, 15) is 0 Å². The summed E-state index contributed by atoms with van der Waals surface area (Å²) in [6, 6.07) is 8.88. The minimum Gasteiger partial charge on any atom is -0.356 e. The van der Waals surface area contributed by atoms with E-state index in [4.69, 9.17) is 11.6 Å². The number of rotatable bonds is 3. The number of benzene rings is 1. The number of hydrogen-bond donors (Lipinski definition) is 0. The highest BCUT2D eigenvalue weighted by molar-refractivity contribution is 7.17. The molecule has 0 amide bonds. The van der Waals surface area contributed by atoms with Crippen LogP contribution in [0.3, 0.4) is 0 Å². The molecule has 0 radical (unpaired) electrons. The number of nitrogens with zero attached hydrogens (tertiary/aromatic N) is 3. The summed E-state index contributed by atoms with van der Waals surface area (Å²) in [7, 11) is 0. The second-order valence-corrected chi connectivity index (χ2v) is 8.81. The van der Waals surface area contributed by atoms with Gasteiger partial charge >= 0.3 is 0 Å². The Bertz CT molecular complexity index is 917. The highest BCUT2D eigenvalue weighted by Crippen LogP contribution is 2.40. The van der Waals surface area contributed by atoms with Crippen LogP contribution < -0.4 is 4.90 Å². The third-order valence-electron chi connectivity index (χ3n) is 5.23. The van der Waals surface area contributed by atoms with Crippen molar-refractivity contribution in [2.75, 3.05) is 18.0 Å². The first kappa shape index (κ1) is 17.7. The van der Waals surface area contributed by atoms with Crippen molar-refractivity contribution in [1.82, 2.24) is 9.97 Å². The van der Waals surface area contributed by atoms with Gasteiger partial charge < -0.3 is 4.90 Å². The fourth-order valence-corrected chi connectivity index (χ4v) is 4.93. The lowest BCUT2D eigenvalue weighted by Gasteiger charge is -2.32. The SMILES string of the molecule is CC1CCCN(c2nc(Cl)nc3scc(-c4ccc(C(C)C)cc4)c23)C1. The molecule has 5 heteroatoms. The molecular weight excluding hydrogens is 362 g/mol. The second-order valence-electron chi connectivity index (χ2n) is 7.62. The molecule has 26 heavy (non-hydrogen) atoms. The Morgan fingerprint density at radius 3 is 2.65 bits per heavy atom. The lowest BCUT2D eigenvalue weighted by atomic mass is 9.98. The molecule has 0 aliphatic carbocycles. The van der Waals surface area contributed by atoms with Crippen LogP contribution in [0.15, 0.2) is 29.6 Å². The van der Waals surface area contributed by atoms with Crippen molar-refractivity contribution in [3.63, 3.8) is 0 Å². The van der Waals surface area contributed by atoms with Crippen LogP contribution >= 0.6 is 22.9 Å². The molecule has 1 unspecified atom stereocenters. The average molecular weight is 386 g/mol. The minimum absolute atomic E-state index is 0.342. The molecule has 0 saturated carbocycles. The van der Waals surface area contributed by atoms with Gasteiger partial charge in [-0.15, -0.1) is 11.3 Å². The first-order valence-electron chi connectivity index (χ1n) is 9.33. The number of piperidine rings is 1. The van der Waals surface area contributed by atoms with Crippen molar-refractivity contribution >= 4 is 39.0 Å². The van der Waals surface area contributed by atoms with Crippen LogP contribution in [0.4, 0.5) is 5.82 Å². The largest absolute Gasteiger partial charge is 0.356 e. The predicted octanol–water partition coefficient (Wildman–Crippen LogP) is 6.37. The standard InChI is InChI=1S/C21H24ClN3S/c1-13(2)15-6-8-16(9-7-15)17-12-26-20-18(17)19(23-21(22)24-20)25-10-4-5-14(3)11-25/h6-9,12-14H,4-5,10-11H2,1-3H3. The summed E-state index contributed by atoms with van der Waals surface area (Å²) in [5.74, 6) is 2.21. The van der Waals surface area contributed by atoms with Crippen LogP contribution in [0.2, 0.25) is 5.28 Å². The summed E-state index contributed by atoms with van der Waals surface area (Å²) < 4.78 is 0. The molecule has 4 rings (SSSR count). The van der Waals surface area contributed by atoms with E-state index in [-0.39, 0.29) is 0 Å². The highest BCUT2D eigenvalue weighted by Gasteiger charge is 2.23. The molecule has 136 valence electrons. The third kappa shape index (κ3) is 3.33. The van der Waals surface area contributed by atoms with E-state index in [0.717, 1.165) is 29.1 Å². The fraction of sp³-hybridized carbons (Fsp3) is 0.429. The molecule has 0 bridgehead atoms. The first-order valence-corrected chi connectivity index (χ1v) is 10.6. The molecule has 3 aromatic rings. The number of aromatic nitrogens is 2. The Morgan fingerprint density at radius 1 is 1.19 bits per heavy atom. The van der Waals surface area contributed by atoms with Gasteiger partial charge in [-0.25, -0.2) is 4.98 Å². The lowest BCUT2D eigenvalue weighted by Crippen LogP contribution is -2.35. The van der Waals surface area contributed by atoms with Gasteiger partial charge in [-0.2, -0.15) is 4.98 Å². The quantitative estimate of drug-likeness (QED) is 0.490. The Morgan fingerprint density at radius 2 is 1.96 bits per heavy atom. The minimum atomic E-state index is 0.342. The van der Waals surface area contributed by atoms with Crippen molar-refractivity contribution in [3.05, 3.63) is 40.5 Å². The van der Waals surface area contributed by atoms with Gasteiger partial charge in [0.25, 0.3) is 0 Å². The van der Waals surface area contributed by atoms with Gasteiger partial charge in [0.05, 0.1) is 5.39 Å². The van der Waals surface area contributed by atoms with Crippen LogP contribution in [-0.4, -0.2) is 23.1 Å². The summed E-state index contributed by atoms with van der Waals surface area (Å²) in [4.78, 5) is 12.5. The van der Waals surface area contributed by atoms with E-state index in [1.807, 2.05) is 0 Å². The van der Waals surface area contributed by atoms with Crippen molar-refractivity contribution in [1.29, 1.82) is 0 Å². The molecule has 2 aromatic heterocycles. The van der Waals surface area contributed by atoms with E-state index in [0.29, 0.717) is 17.1 Å². The molecule has 1 aromatic carbocycles. The maximum absolute atomic E-state index is 6.25. The van der Waals surface area contributed by atoms with Crippen LogP contribution in [-0.2, 0) is 0 Å². The molecule has 1 saturated heterocycles. The Balaban J connectivity index is 1.83. The third-order valence-corrected chi connectivity index (χ3v) is 6.27. The summed E-state index contributed by atoms with van der Waals surface area (Å²) >= 11 is 7.90. The van der Waals surface area contributed by atoms with Crippen molar-refractivity contribution < 1.29 is 0 Å². The maximum Gasteiger partial charge on any atom is 0.225 e. The summed E-state index contributed by atoms with van der Waals surface area (Å²) in [6.45, 7) is 8.82. The Labute approximate surface area is 164 Å². The molecule has 0 N–H and O–H groups in total. The second kappa shape index (κ2) is 7.16. The van der Waals surface area contributed by atoms with E-state index in [2.05, 4.69) is 65.3 Å². The van der Waals surface area contributed by atoms with Gasteiger partial charge in [-0.3, -0.25) is 0 Å². The molecule has 3 heterocycles. The van der Waals surface area contributed by atoms with Crippen molar-refractivity contribution in [3.8, 4) is 11.1 Å². The van der Waals surface area contributed by atoms with Crippen molar-refractivity contribution in [2.45, 2.75) is 39.5 Å². The fourth-order valence-electron chi connectivity index (χ4n) is 3.77. The monoisotopic (exact) mass is 385 g/mol. The zero-order valence-electron chi connectivity index (χ0n) is 15.5. The summed E-state index contributed by atoms with van der Waals surface area (Å²) in [6.07, 6.45) is 2.48. The summed E-state index contributed by atoms with van der Waals surface area (Å²) in [5.41, 5.74) is 3.79. The molecular formula is C21H24ClN3S. The zero-order valence-corrected chi connectivity index (χ0v) is 17.1. The molecule has 3 nitrogen and oxygen atoms in total. The van der Waals surface area contributed by atoms with Crippen LogP contribution in [0, 0.1) is 5.92 Å². The van der Waals surface area contributed by atoms with Gasteiger partial charge in [0.2, 0.25) is 5.28 Å². The van der Waals surface area contributed by atoms with Gasteiger partial charge in [0.15, 0.2) is 0 Å². The molecule has 1 fully saturated rings. The van der Waals surface area contributed by atoms with Gasteiger partial charge in [0, 0.05) is 24.0 Å². The first-order chi connectivity index (χ1) is 12.5. The Hall–Kier alpha value is -1.65. The molecule has 1 aliphatic rings. The van der Waals surface area contributed by atoms with Crippen LogP contribution in [0.5, 0.6) is 0 Å². The van der Waals surface area contributed by atoms with Crippen LogP contribution in [0.1, 0.15) is 45.1 Å². The van der Waals surface area contributed by atoms with Crippen LogP contribution in [0.25, 0.3) is 21.3 Å². The molecule has 0 spiro atoms. The smallest absolute Gasteiger partial charge is 0.225 e. The topological polar surface area (TPSA) is 29.0 Å². The predicted molar refractivity (Wildman–Crippen MR) is 113 cm³/mol. The normalized spacial score (nSPS) is 18.0. The number of thiophene rings is 1. The maximum atomic E-state index is 6.25. The number of hydrogen-bond acceptors (Lipinski definition) is 4. The Kier molecular flexibility index (Phi) is 4.89. The summed E-state index contributed by atoms with van der Waals surface area (Å²) in [5, 5.41) is 3.68. The average Bonchev–Trinajstić information content (AvgIpc) is 3.04. The van der Waals surface area contributed by atoms with Gasteiger partial charge in [-0.1, -0.05) is 45.0 Å². The van der Waals surface area contributed by atoms with Crippen molar-refractivity contribution in [2.24, 2.45) is 5.92 Å². The lowest BCUT2D eigenvalue weighted by molar-refractivity contribution is 0.445. The van der Waals surface area contributed by atoms with E-state index < -0.39 is 0 Å².